The van der Waals surface area contributed by atoms with Crippen molar-refractivity contribution in [2.45, 2.75) is 13.8 Å². The van der Waals surface area contributed by atoms with E-state index in [4.69, 9.17) is 4.74 Å². The molecule has 0 aliphatic carbocycles. The number of ether oxygens (including phenoxy) is 1. The smallest absolute Gasteiger partial charge is 0.254 e. The molecule has 166 valence electrons. The number of anilines is 3. The maximum Gasteiger partial charge on any atom is 0.254 e. The molecule has 1 amide bonds. The molecule has 1 N–H and O–H groups in total. The van der Waals surface area contributed by atoms with Crippen LogP contribution >= 0.6 is 0 Å². The number of pyridine rings is 1. The van der Waals surface area contributed by atoms with Crippen molar-refractivity contribution >= 4 is 23.4 Å². The maximum atomic E-state index is 14.0. The van der Waals surface area contributed by atoms with Gasteiger partial charge in [-0.1, -0.05) is 0 Å². The molecule has 3 heterocycles. The summed E-state index contributed by atoms with van der Waals surface area (Å²) in [6.45, 7) is 6.10. The number of nitrogens with one attached hydrogen (secondary N) is 1. The van der Waals surface area contributed by atoms with Crippen LogP contribution in [0.15, 0.2) is 42.6 Å². The van der Waals surface area contributed by atoms with E-state index in [-0.39, 0.29) is 11.7 Å². The van der Waals surface area contributed by atoms with Gasteiger partial charge in [0.2, 0.25) is 0 Å². The topological polar surface area (TPSA) is 83.5 Å². The van der Waals surface area contributed by atoms with Crippen molar-refractivity contribution in [2.75, 3.05) is 43.5 Å². The first kappa shape index (κ1) is 21.5. The highest BCUT2D eigenvalue weighted by Gasteiger charge is 2.24. The molecule has 3 aromatic rings. The van der Waals surface area contributed by atoms with E-state index in [1.54, 1.807) is 17.2 Å². The van der Waals surface area contributed by atoms with Gasteiger partial charge in [0, 0.05) is 44.0 Å². The Morgan fingerprint density at radius 3 is 2.50 bits per heavy atom. The van der Waals surface area contributed by atoms with Crippen molar-refractivity contribution in [1.82, 2.24) is 19.9 Å². The van der Waals surface area contributed by atoms with Gasteiger partial charge in [-0.25, -0.2) is 19.3 Å². The summed E-state index contributed by atoms with van der Waals surface area (Å²) in [5.74, 6) is 2.19. The second kappa shape index (κ2) is 9.17. The van der Waals surface area contributed by atoms with Crippen LogP contribution < -0.4 is 15.0 Å². The number of piperazine rings is 1. The van der Waals surface area contributed by atoms with Gasteiger partial charge >= 0.3 is 0 Å². The molecular formula is C23H25FN6O2. The average molecular weight is 436 g/mol. The van der Waals surface area contributed by atoms with Crippen LogP contribution in [0.1, 0.15) is 21.7 Å². The number of hydrogen-bond donors (Lipinski definition) is 1. The Morgan fingerprint density at radius 2 is 1.81 bits per heavy atom. The molecule has 0 bridgehead atoms. The zero-order valence-electron chi connectivity index (χ0n) is 18.3. The van der Waals surface area contributed by atoms with E-state index >= 15 is 0 Å². The van der Waals surface area contributed by atoms with Gasteiger partial charge in [-0.05, 0) is 49.7 Å². The van der Waals surface area contributed by atoms with Gasteiger partial charge in [0.15, 0.2) is 11.6 Å². The number of nitrogens with zero attached hydrogens (tertiary/aromatic N) is 5. The fourth-order valence-electron chi connectivity index (χ4n) is 3.63. The maximum absolute atomic E-state index is 14.0. The summed E-state index contributed by atoms with van der Waals surface area (Å²) in [5, 5.41) is 3.23. The second-order valence-corrected chi connectivity index (χ2v) is 7.63. The van der Waals surface area contributed by atoms with Crippen LogP contribution in [-0.2, 0) is 0 Å². The van der Waals surface area contributed by atoms with Crippen LogP contribution in [0.3, 0.4) is 0 Å². The number of benzene rings is 1. The largest absolute Gasteiger partial charge is 0.494 e. The molecular weight excluding hydrogens is 411 g/mol. The molecule has 32 heavy (non-hydrogen) atoms. The Balaban J connectivity index is 1.43. The molecule has 0 spiro atoms. The van der Waals surface area contributed by atoms with E-state index in [1.807, 2.05) is 32.0 Å². The second-order valence-electron chi connectivity index (χ2n) is 7.63. The number of amides is 1. The number of hydrogen-bond acceptors (Lipinski definition) is 7. The van der Waals surface area contributed by atoms with Gasteiger partial charge in [0.25, 0.3) is 5.91 Å². The minimum Gasteiger partial charge on any atom is -0.494 e. The Hall–Kier alpha value is -3.75. The number of carbonyl (C=O) groups excluding carboxylic acids is 1. The molecule has 0 atom stereocenters. The fraction of sp³-hybridized carbons (Fsp3) is 0.304. The summed E-state index contributed by atoms with van der Waals surface area (Å²) in [6, 6.07) is 10.0. The van der Waals surface area contributed by atoms with Crippen molar-refractivity contribution in [2.24, 2.45) is 0 Å². The molecule has 1 fully saturated rings. The zero-order valence-corrected chi connectivity index (χ0v) is 18.3. The number of aromatic nitrogens is 3. The lowest BCUT2D eigenvalue weighted by atomic mass is 10.1. The molecule has 9 heteroatoms. The summed E-state index contributed by atoms with van der Waals surface area (Å²) in [6.07, 6.45) is 1.75. The van der Waals surface area contributed by atoms with Gasteiger partial charge in [-0.3, -0.25) is 4.79 Å². The van der Waals surface area contributed by atoms with Gasteiger partial charge < -0.3 is 19.9 Å². The molecule has 2 aromatic heterocycles. The standard InChI is InChI=1S/C23H25FN6O2/c1-15-6-7-25-20(12-15)28-21-14-22(27-16(2)26-21)29-8-10-30(11-9-29)23(31)17-4-5-19(32-3)18(24)13-17/h4-7,12-14H,8-11H2,1-3H3,(H,25,26,27,28). The number of aryl methyl sites for hydroxylation is 2. The zero-order chi connectivity index (χ0) is 22.7. The first-order valence-electron chi connectivity index (χ1n) is 10.4. The summed E-state index contributed by atoms with van der Waals surface area (Å²) in [7, 11) is 1.40. The van der Waals surface area contributed by atoms with E-state index in [0.717, 1.165) is 17.2 Å². The van der Waals surface area contributed by atoms with Gasteiger partial charge in [-0.15, -0.1) is 0 Å². The van der Waals surface area contributed by atoms with Gasteiger partial charge in [-0.2, -0.15) is 0 Å². The first-order valence-corrected chi connectivity index (χ1v) is 10.4. The molecule has 8 nitrogen and oxygen atoms in total. The highest BCUT2D eigenvalue weighted by atomic mass is 19.1. The van der Waals surface area contributed by atoms with Crippen LogP contribution in [-0.4, -0.2) is 59.0 Å². The summed E-state index contributed by atoms with van der Waals surface area (Å²) in [4.78, 5) is 30.0. The van der Waals surface area contributed by atoms with Crippen LogP contribution in [0.5, 0.6) is 5.75 Å². The van der Waals surface area contributed by atoms with Crippen molar-refractivity contribution in [3.63, 3.8) is 0 Å². The summed E-state index contributed by atoms with van der Waals surface area (Å²) >= 11 is 0. The van der Waals surface area contributed by atoms with Crippen molar-refractivity contribution < 1.29 is 13.9 Å². The van der Waals surface area contributed by atoms with E-state index < -0.39 is 5.82 Å². The quantitative estimate of drug-likeness (QED) is 0.657. The molecule has 0 saturated carbocycles. The van der Waals surface area contributed by atoms with Crippen molar-refractivity contribution in [3.05, 3.63) is 65.4 Å². The Labute approximate surface area is 186 Å². The minimum absolute atomic E-state index is 0.121. The molecule has 1 aliphatic heterocycles. The lowest BCUT2D eigenvalue weighted by Gasteiger charge is -2.35. The van der Waals surface area contributed by atoms with Crippen molar-refractivity contribution in [1.29, 1.82) is 0 Å². The molecule has 1 saturated heterocycles. The summed E-state index contributed by atoms with van der Waals surface area (Å²) < 4.78 is 18.9. The Morgan fingerprint density at radius 1 is 1.03 bits per heavy atom. The lowest BCUT2D eigenvalue weighted by molar-refractivity contribution is 0.0746. The van der Waals surface area contributed by atoms with Crippen LogP contribution in [0.2, 0.25) is 0 Å². The van der Waals surface area contributed by atoms with E-state index in [0.29, 0.717) is 43.4 Å². The summed E-state index contributed by atoms with van der Waals surface area (Å²) in [5.41, 5.74) is 1.41. The third-order valence-corrected chi connectivity index (χ3v) is 5.29. The van der Waals surface area contributed by atoms with E-state index in [9.17, 15) is 9.18 Å². The Kier molecular flexibility index (Phi) is 6.16. The lowest BCUT2D eigenvalue weighted by Crippen LogP contribution is -2.49. The van der Waals surface area contributed by atoms with Crippen LogP contribution in [0.25, 0.3) is 0 Å². The molecule has 4 rings (SSSR count). The molecule has 0 unspecified atom stereocenters. The number of carbonyl (C=O) groups is 1. The third kappa shape index (κ3) is 4.77. The predicted molar refractivity (Wildman–Crippen MR) is 120 cm³/mol. The molecule has 1 aliphatic rings. The molecule has 1 aromatic carbocycles. The first-order chi connectivity index (χ1) is 15.4. The monoisotopic (exact) mass is 436 g/mol. The normalized spacial score (nSPS) is 13.8. The average Bonchev–Trinajstić information content (AvgIpc) is 2.78. The van der Waals surface area contributed by atoms with Crippen LogP contribution in [0.4, 0.5) is 21.8 Å². The van der Waals surface area contributed by atoms with Gasteiger partial charge in [0.1, 0.15) is 23.3 Å². The predicted octanol–water partition coefficient (Wildman–Crippen LogP) is 3.34. The highest BCUT2D eigenvalue weighted by molar-refractivity contribution is 5.94. The fourth-order valence-corrected chi connectivity index (χ4v) is 3.63. The van der Waals surface area contributed by atoms with Gasteiger partial charge in [0.05, 0.1) is 7.11 Å². The van der Waals surface area contributed by atoms with Crippen LogP contribution in [0, 0.1) is 19.7 Å². The third-order valence-electron chi connectivity index (χ3n) is 5.29. The SMILES string of the molecule is COc1ccc(C(=O)N2CCN(c3cc(Nc4cc(C)ccn4)nc(C)n3)CC2)cc1F. The number of rotatable bonds is 5. The number of methoxy groups -OCH3 is 1. The number of halogens is 1. The van der Waals surface area contributed by atoms with E-state index in [2.05, 4.69) is 25.2 Å². The highest BCUT2D eigenvalue weighted by Crippen LogP contribution is 2.22. The minimum atomic E-state index is -0.545. The molecule has 0 radical (unpaired) electrons. The Bertz CT molecular complexity index is 1130. The van der Waals surface area contributed by atoms with Crippen molar-refractivity contribution in [3.8, 4) is 5.75 Å². The van der Waals surface area contributed by atoms with E-state index in [1.165, 1.54) is 19.2 Å².